The molecule has 110 valence electrons. The van der Waals surface area contributed by atoms with Gasteiger partial charge in [0.15, 0.2) is 0 Å². The van der Waals surface area contributed by atoms with Crippen LogP contribution in [0.4, 0.5) is 10.1 Å². The number of fused-ring (bicyclic) bond motifs is 1. The predicted molar refractivity (Wildman–Crippen MR) is 81.4 cm³/mol. The first-order valence-corrected chi connectivity index (χ1v) is 8.13. The molecule has 0 saturated carbocycles. The number of nitrogens with two attached hydrogens (primary N) is 1. The van der Waals surface area contributed by atoms with Gasteiger partial charge in [-0.1, -0.05) is 12.1 Å². The zero-order valence-electron chi connectivity index (χ0n) is 11.5. The Bertz CT molecular complexity index is 682. The minimum Gasteiger partial charge on any atom is -0.493 e. The molecule has 1 aliphatic heterocycles. The third-order valence-corrected chi connectivity index (χ3v) is 4.82. The lowest BCUT2D eigenvalue weighted by Gasteiger charge is -2.06. The zero-order valence-corrected chi connectivity index (χ0v) is 12.3. The summed E-state index contributed by atoms with van der Waals surface area (Å²) < 4.78 is 31.0. The fraction of sp³-hybridized carbons (Fsp3) is 0.250. The van der Waals surface area contributed by atoms with Crippen LogP contribution in [0.2, 0.25) is 0 Å². The van der Waals surface area contributed by atoms with Crippen molar-refractivity contribution in [2.45, 2.75) is 17.7 Å². The van der Waals surface area contributed by atoms with Gasteiger partial charge in [0.25, 0.3) is 0 Å². The van der Waals surface area contributed by atoms with Crippen LogP contribution in [0.15, 0.2) is 41.3 Å². The fourth-order valence-electron chi connectivity index (χ4n) is 2.44. The largest absolute Gasteiger partial charge is 0.493 e. The van der Waals surface area contributed by atoms with E-state index in [9.17, 15) is 8.60 Å². The van der Waals surface area contributed by atoms with Crippen molar-refractivity contribution in [1.82, 2.24) is 0 Å². The molecule has 0 aromatic heterocycles. The minimum atomic E-state index is -1.25. The smallest absolute Gasteiger partial charge is 0.126 e. The van der Waals surface area contributed by atoms with E-state index in [4.69, 9.17) is 10.5 Å². The van der Waals surface area contributed by atoms with Crippen LogP contribution in [0.5, 0.6) is 5.75 Å². The quantitative estimate of drug-likeness (QED) is 0.884. The van der Waals surface area contributed by atoms with Crippen molar-refractivity contribution in [1.29, 1.82) is 0 Å². The van der Waals surface area contributed by atoms with Gasteiger partial charge in [-0.15, -0.1) is 0 Å². The Kier molecular flexibility index (Phi) is 3.92. The summed E-state index contributed by atoms with van der Waals surface area (Å²) in [4.78, 5) is 0.442. The van der Waals surface area contributed by atoms with Crippen molar-refractivity contribution in [3.05, 3.63) is 53.3 Å². The molecule has 0 bridgehead atoms. The molecule has 0 spiro atoms. The number of hydrogen-bond donors (Lipinski definition) is 1. The molecule has 0 aliphatic carbocycles. The highest BCUT2D eigenvalue weighted by atomic mass is 32.2. The van der Waals surface area contributed by atoms with Crippen molar-refractivity contribution >= 4 is 16.5 Å². The summed E-state index contributed by atoms with van der Waals surface area (Å²) >= 11 is 0. The highest BCUT2D eigenvalue weighted by Gasteiger charge is 2.13. The first-order chi connectivity index (χ1) is 10.1. The highest BCUT2D eigenvalue weighted by Crippen LogP contribution is 2.26. The van der Waals surface area contributed by atoms with Gasteiger partial charge in [-0.2, -0.15) is 0 Å². The summed E-state index contributed by atoms with van der Waals surface area (Å²) in [5.74, 6) is 0.938. The topological polar surface area (TPSA) is 52.3 Å². The van der Waals surface area contributed by atoms with Crippen molar-refractivity contribution in [2.75, 3.05) is 18.1 Å². The van der Waals surface area contributed by atoms with Crippen LogP contribution in [0, 0.1) is 5.82 Å². The summed E-state index contributed by atoms with van der Waals surface area (Å²) in [6.07, 6.45) is 1.60. The molecule has 0 fully saturated rings. The van der Waals surface area contributed by atoms with Crippen LogP contribution >= 0.6 is 0 Å². The van der Waals surface area contributed by atoms with Crippen LogP contribution in [0.25, 0.3) is 0 Å². The van der Waals surface area contributed by atoms with E-state index in [1.165, 1.54) is 17.7 Å². The second-order valence-corrected chi connectivity index (χ2v) is 6.63. The summed E-state index contributed by atoms with van der Waals surface area (Å²) in [6.45, 7) is 0.729. The molecule has 5 heteroatoms. The Morgan fingerprint density at radius 2 is 2.10 bits per heavy atom. The van der Waals surface area contributed by atoms with Gasteiger partial charge in [-0.25, -0.2) is 4.39 Å². The molecule has 0 amide bonds. The van der Waals surface area contributed by atoms with Gasteiger partial charge in [0, 0.05) is 22.8 Å². The Morgan fingerprint density at radius 3 is 2.90 bits per heavy atom. The van der Waals surface area contributed by atoms with Gasteiger partial charge in [0.1, 0.15) is 11.6 Å². The number of aryl methyl sites for hydroxylation is 1. The molecule has 0 radical (unpaired) electrons. The number of benzene rings is 2. The van der Waals surface area contributed by atoms with E-state index in [1.54, 1.807) is 6.07 Å². The molecule has 3 nitrogen and oxygen atoms in total. The summed E-state index contributed by atoms with van der Waals surface area (Å²) in [5.41, 5.74) is 8.20. The van der Waals surface area contributed by atoms with Gasteiger partial charge < -0.3 is 10.5 Å². The van der Waals surface area contributed by atoms with Gasteiger partial charge in [0.2, 0.25) is 0 Å². The number of ether oxygens (including phenoxy) is 1. The number of halogens is 1. The zero-order chi connectivity index (χ0) is 14.8. The lowest BCUT2D eigenvalue weighted by molar-refractivity contribution is 0.357. The number of anilines is 1. The molecular weight excluding hydrogens is 289 g/mol. The van der Waals surface area contributed by atoms with Crippen LogP contribution in [-0.4, -0.2) is 16.6 Å². The predicted octanol–water partition coefficient (Wildman–Crippen LogP) is 2.69. The lowest BCUT2D eigenvalue weighted by Crippen LogP contribution is -2.03. The molecule has 2 aromatic rings. The fourth-order valence-corrected chi connectivity index (χ4v) is 3.61. The third-order valence-electron chi connectivity index (χ3n) is 3.49. The van der Waals surface area contributed by atoms with E-state index in [0.717, 1.165) is 24.3 Å². The number of hydrogen-bond acceptors (Lipinski definition) is 3. The molecule has 2 aromatic carbocycles. The maximum absolute atomic E-state index is 13.3. The van der Waals surface area contributed by atoms with Crippen LogP contribution in [0.1, 0.15) is 11.1 Å². The normalized spacial score (nSPS) is 14.5. The molecule has 21 heavy (non-hydrogen) atoms. The van der Waals surface area contributed by atoms with E-state index in [1.807, 2.05) is 12.1 Å². The van der Waals surface area contributed by atoms with Crippen LogP contribution in [0.3, 0.4) is 0 Å². The van der Waals surface area contributed by atoms with Crippen LogP contribution < -0.4 is 10.5 Å². The number of rotatable bonds is 4. The van der Waals surface area contributed by atoms with E-state index >= 15 is 0 Å². The monoisotopic (exact) mass is 305 g/mol. The number of nitrogen functional groups attached to an aromatic ring is 1. The van der Waals surface area contributed by atoms with Gasteiger partial charge >= 0.3 is 0 Å². The van der Waals surface area contributed by atoms with E-state index < -0.39 is 16.6 Å². The van der Waals surface area contributed by atoms with E-state index in [0.29, 0.717) is 22.8 Å². The van der Waals surface area contributed by atoms with E-state index in [-0.39, 0.29) is 0 Å². The van der Waals surface area contributed by atoms with Crippen molar-refractivity contribution in [3.63, 3.8) is 0 Å². The van der Waals surface area contributed by atoms with Gasteiger partial charge in [0.05, 0.1) is 17.4 Å². The Morgan fingerprint density at radius 1 is 1.24 bits per heavy atom. The second-order valence-electron chi connectivity index (χ2n) is 5.06. The molecule has 2 N–H and O–H groups in total. The highest BCUT2D eigenvalue weighted by molar-refractivity contribution is 7.85. The Balaban J connectivity index is 1.68. The van der Waals surface area contributed by atoms with Gasteiger partial charge in [-0.3, -0.25) is 4.21 Å². The van der Waals surface area contributed by atoms with Crippen molar-refractivity contribution in [2.24, 2.45) is 0 Å². The standard InChI is InChI=1S/C16H16FNO2S/c17-13-8-14(18)10-15(9-13)21(19)6-4-11-1-2-16-12(7-11)3-5-20-16/h1-2,7-10H,3-6,18H2. The lowest BCUT2D eigenvalue weighted by atomic mass is 10.1. The maximum Gasteiger partial charge on any atom is 0.126 e. The first-order valence-electron chi connectivity index (χ1n) is 6.81. The molecular formula is C16H16FNO2S. The minimum absolute atomic E-state index is 0.299. The van der Waals surface area contributed by atoms with E-state index in [2.05, 4.69) is 6.07 Å². The Hall–Kier alpha value is -1.88. The van der Waals surface area contributed by atoms with Crippen molar-refractivity contribution < 1.29 is 13.3 Å². The molecule has 1 atom stereocenters. The molecule has 1 aliphatic rings. The summed E-state index contributed by atoms with van der Waals surface area (Å²) in [6, 6.07) is 10.1. The first kappa shape index (κ1) is 14.1. The van der Waals surface area contributed by atoms with Crippen LogP contribution in [-0.2, 0) is 23.6 Å². The molecule has 0 saturated heterocycles. The molecule has 1 unspecified atom stereocenters. The maximum atomic E-state index is 13.3. The SMILES string of the molecule is Nc1cc(F)cc(S(=O)CCc2ccc3c(c2)CCO3)c1. The second kappa shape index (κ2) is 5.85. The average Bonchev–Trinajstić information content (AvgIpc) is 2.91. The average molecular weight is 305 g/mol. The summed E-state index contributed by atoms with van der Waals surface area (Å²) in [5, 5.41) is 0. The summed E-state index contributed by atoms with van der Waals surface area (Å²) in [7, 11) is -1.25. The van der Waals surface area contributed by atoms with Crippen molar-refractivity contribution in [3.8, 4) is 5.75 Å². The van der Waals surface area contributed by atoms with Gasteiger partial charge in [-0.05, 0) is 41.8 Å². The molecule has 3 rings (SSSR count). The molecule has 1 heterocycles. The Labute approximate surface area is 125 Å². The third kappa shape index (κ3) is 3.24.